The summed E-state index contributed by atoms with van der Waals surface area (Å²) in [6, 6.07) is 0. The van der Waals surface area contributed by atoms with Gasteiger partial charge < -0.3 is 10.4 Å². The van der Waals surface area contributed by atoms with Crippen LogP contribution in [0, 0.1) is 0 Å². The standard InChI is InChI=1S/C7H15NO.ClH/c1-7(2)5-6(9)3-4-8-7;/h6,8-9H,3-5H2,1-2H3;1H. The van der Waals surface area contributed by atoms with Crippen LogP contribution in [0.1, 0.15) is 26.7 Å². The van der Waals surface area contributed by atoms with E-state index in [-0.39, 0.29) is 24.0 Å². The van der Waals surface area contributed by atoms with Crippen molar-refractivity contribution in [2.24, 2.45) is 0 Å². The van der Waals surface area contributed by atoms with Gasteiger partial charge in [0.15, 0.2) is 0 Å². The summed E-state index contributed by atoms with van der Waals surface area (Å²) in [6.45, 7) is 5.19. The number of nitrogens with one attached hydrogen (secondary N) is 1. The van der Waals surface area contributed by atoms with E-state index >= 15 is 0 Å². The third-order valence-electron chi connectivity index (χ3n) is 1.83. The van der Waals surface area contributed by atoms with E-state index in [0.717, 1.165) is 19.4 Å². The fraction of sp³-hybridized carbons (Fsp3) is 1.00. The minimum absolute atomic E-state index is 0. The summed E-state index contributed by atoms with van der Waals surface area (Å²) in [5.41, 5.74) is 0.150. The molecule has 1 rings (SSSR count). The molecular formula is C7H16ClNO. The van der Waals surface area contributed by atoms with E-state index in [2.05, 4.69) is 19.2 Å². The van der Waals surface area contributed by atoms with Crippen molar-refractivity contribution in [3.63, 3.8) is 0 Å². The van der Waals surface area contributed by atoms with Gasteiger partial charge in [0.2, 0.25) is 0 Å². The van der Waals surface area contributed by atoms with Crippen molar-refractivity contribution in [1.29, 1.82) is 0 Å². The first-order valence-corrected chi connectivity index (χ1v) is 3.53. The van der Waals surface area contributed by atoms with Gasteiger partial charge in [-0.2, -0.15) is 0 Å². The van der Waals surface area contributed by atoms with Crippen molar-refractivity contribution in [1.82, 2.24) is 5.32 Å². The molecule has 10 heavy (non-hydrogen) atoms. The second-order valence-corrected chi connectivity index (χ2v) is 3.46. The molecule has 0 aromatic carbocycles. The van der Waals surface area contributed by atoms with Gasteiger partial charge in [0.1, 0.15) is 0 Å². The smallest absolute Gasteiger partial charge is 0.0569 e. The van der Waals surface area contributed by atoms with Gasteiger partial charge in [-0.3, -0.25) is 0 Å². The molecule has 0 amide bonds. The van der Waals surface area contributed by atoms with Crippen LogP contribution >= 0.6 is 12.4 Å². The summed E-state index contributed by atoms with van der Waals surface area (Å²) in [5.74, 6) is 0. The fourth-order valence-corrected chi connectivity index (χ4v) is 1.34. The number of hydrogen-bond acceptors (Lipinski definition) is 2. The first-order chi connectivity index (χ1) is 4.10. The lowest BCUT2D eigenvalue weighted by Crippen LogP contribution is -2.47. The minimum Gasteiger partial charge on any atom is -0.393 e. The van der Waals surface area contributed by atoms with Crippen LogP contribution < -0.4 is 5.32 Å². The average molecular weight is 166 g/mol. The quantitative estimate of drug-likeness (QED) is 0.560. The molecule has 2 N–H and O–H groups in total. The zero-order valence-electron chi connectivity index (χ0n) is 6.55. The molecule has 0 aliphatic carbocycles. The number of rotatable bonds is 0. The third-order valence-corrected chi connectivity index (χ3v) is 1.83. The Kier molecular flexibility index (Phi) is 3.63. The van der Waals surface area contributed by atoms with Crippen LogP contribution in [-0.2, 0) is 0 Å². The number of aliphatic hydroxyl groups is 1. The lowest BCUT2D eigenvalue weighted by atomic mass is 9.91. The molecule has 1 saturated heterocycles. The average Bonchev–Trinajstić information content (AvgIpc) is 1.60. The summed E-state index contributed by atoms with van der Waals surface area (Å²) < 4.78 is 0. The zero-order valence-corrected chi connectivity index (χ0v) is 7.37. The van der Waals surface area contributed by atoms with E-state index in [9.17, 15) is 5.11 Å². The predicted octanol–water partition coefficient (Wildman–Crippen LogP) is 0.931. The molecule has 0 spiro atoms. The van der Waals surface area contributed by atoms with Gasteiger partial charge in [-0.05, 0) is 33.2 Å². The Morgan fingerprint density at radius 1 is 1.50 bits per heavy atom. The highest BCUT2D eigenvalue weighted by Crippen LogP contribution is 2.17. The fourth-order valence-electron chi connectivity index (χ4n) is 1.34. The largest absolute Gasteiger partial charge is 0.393 e. The molecule has 1 fully saturated rings. The van der Waals surface area contributed by atoms with Crippen LogP contribution in [-0.4, -0.2) is 23.3 Å². The monoisotopic (exact) mass is 165 g/mol. The highest BCUT2D eigenvalue weighted by Gasteiger charge is 2.25. The van der Waals surface area contributed by atoms with E-state index < -0.39 is 0 Å². The Morgan fingerprint density at radius 3 is 2.40 bits per heavy atom. The maximum absolute atomic E-state index is 9.20. The first-order valence-electron chi connectivity index (χ1n) is 3.53. The van der Waals surface area contributed by atoms with Crippen molar-refractivity contribution in [2.75, 3.05) is 6.54 Å². The van der Waals surface area contributed by atoms with Crippen LogP contribution in [0.3, 0.4) is 0 Å². The molecule has 1 atom stereocenters. The zero-order chi connectivity index (χ0) is 6.91. The van der Waals surface area contributed by atoms with Gasteiger partial charge in [0.05, 0.1) is 6.10 Å². The molecule has 1 aliphatic heterocycles. The summed E-state index contributed by atoms with van der Waals surface area (Å²) in [5, 5.41) is 12.5. The molecular weight excluding hydrogens is 150 g/mol. The van der Waals surface area contributed by atoms with E-state index in [1.54, 1.807) is 0 Å². The minimum atomic E-state index is -0.0822. The lowest BCUT2D eigenvalue weighted by molar-refractivity contribution is 0.0913. The van der Waals surface area contributed by atoms with Crippen molar-refractivity contribution in [3.05, 3.63) is 0 Å². The van der Waals surface area contributed by atoms with Crippen molar-refractivity contribution in [3.8, 4) is 0 Å². The summed E-state index contributed by atoms with van der Waals surface area (Å²) in [7, 11) is 0. The highest BCUT2D eigenvalue weighted by molar-refractivity contribution is 5.85. The van der Waals surface area contributed by atoms with E-state index in [1.807, 2.05) is 0 Å². The number of hydrogen-bond donors (Lipinski definition) is 2. The molecule has 1 unspecified atom stereocenters. The Hall–Kier alpha value is 0.210. The Labute approximate surface area is 68.4 Å². The van der Waals surface area contributed by atoms with E-state index in [0.29, 0.717) is 0 Å². The SMILES string of the molecule is CC1(C)CC(O)CCN1.Cl. The Balaban J connectivity index is 0.000000810. The normalized spacial score (nSPS) is 30.9. The number of halogens is 1. The van der Waals surface area contributed by atoms with Crippen LogP contribution in [0.15, 0.2) is 0 Å². The van der Waals surface area contributed by atoms with E-state index in [4.69, 9.17) is 0 Å². The van der Waals surface area contributed by atoms with Crippen LogP contribution in [0.5, 0.6) is 0 Å². The summed E-state index contributed by atoms with van der Waals surface area (Å²) in [4.78, 5) is 0. The predicted molar refractivity (Wildman–Crippen MR) is 44.6 cm³/mol. The summed E-state index contributed by atoms with van der Waals surface area (Å²) >= 11 is 0. The van der Waals surface area contributed by atoms with Gasteiger partial charge in [-0.15, -0.1) is 12.4 Å². The second kappa shape index (κ2) is 3.56. The molecule has 1 heterocycles. The maximum atomic E-state index is 9.20. The van der Waals surface area contributed by atoms with Crippen LogP contribution in [0.2, 0.25) is 0 Å². The van der Waals surface area contributed by atoms with Gasteiger partial charge in [-0.1, -0.05) is 0 Å². The Morgan fingerprint density at radius 2 is 2.10 bits per heavy atom. The van der Waals surface area contributed by atoms with Gasteiger partial charge in [-0.25, -0.2) is 0 Å². The molecule has 2 nitrogen and oxygen atoms in total. The maximum Gasteiger partial charge on any atom is 0.0569 e. The highest BCUT2D eigenvalue weighted by atomic mass is 35.5. The van der Waals surface area contributed by atoms with Gasteiger partial charge in [0, 0.05) is 5.54 Å². The molecule has 0 saturated carbocycles. The van der Waals surface area contributed by atoms with Crippen molar-refractivity contribution < 1.29 is 5.11 Å². The van der Waals surface area contributed by atoms with E-state index in [1.165, 1.54) is 0 Å². The first kappa shape index (κ1) is 10.2. The second-order valence-electron chi connectivity index (χ2n) is 3.46. The third kappa shape index (κ3) is 2.86. The molecule has 62 valence electrons. The van der Waals surface area contributed by atoms with Gasteiger partial charge >= 0.3 is 0 Å². The molecule has 0 radical (unpaired) electrons. The molecule has 3 heteroatoms. The topological polar surface area (TPSA) is 32.3 Å². The number of piperidine rings is 1. The molecule has 0 bridgehead atoms. The molecule has 1 aliphatic rings. The van der Waals surface area contributed by atoms with Crippen LogP contribution in [0.25, 0.3) is 0 Å². The van der Waals surface area contributed by atoms with Gasteiger partial charge in [0.25, 0.3) is 0 Å². The van der Waals surface area contributed by atoms with Crippen molar-refractivity contribution in [2.45, 2.75) is 38.3 Å². The van der Waals surface area contributed by atoms with Crippen LogP contribution in [0.4, 0.5) is 0 Å². The summed E-state index contributed by atoms with van der Waals surface area (Å²) in [6.07, 6.45) is 1.71. The number of aliphatic hydroxyl groups excluding tert-OH is 1. The Bertz CT molecular complexity index is 106. The molecule has 0 aromatic heterocycles. The molecule has 0 aromatic rings. The lowest BCUT2D eigenvalue weighted by Gasteiger charge is -2.33. The van der Waals surface area contributed by atoms with Crippen molar-refractivity contribution >= 4 is 12.4 Å².